The number of carbonyl (C=O) groups is 1. The van der Waals surface area contributed by atoms with Crippen molar-refractivity contribution >= 4 is 28.0 Å². The highest BCUT2D eigenvalue weighted by atomic mass is 16.5. The molecule has 6 heteroatoms. The molecule has 6 nitrogen and oxygen atoms in total. The van der Waals surface area contributed by atoms with Crippen LogP contribution in [0.2, 0.25) is 0 Å². The molecule has 0 N–H and O–H groups in total. The first-order valence-electron chi connectivity index (χ1n) is 8.68. The average Bonchev–Trinajstić information content (AvgIpc) is 2.98. The second-order valence-electron chi connectivity index (χ2n) is 6.36. The molecule has 0 saturated carbocycles. The van der Waals surface area contributed by atoms with Gasteiger partial charge in [0.15, 0.2) is 0 Å². The molecule has 2 aromatic carbocycles. The third-order valence-corrected chi connectivity index (χ3v) is 4.62. The summed E-state index contributed by atoms with van der Waals surface area (Å²) in [6, 6.07) is 11.0. The molecule has 4 aromatic rings. The number of nitrogens with zero attached hydrogens (tertiary/aromatic N) is 2. The number of benzene rings is 2. The van der Waals surface area contributed by atoms with Gasteiger partial charge in [-0.25, -0.2) is 4.98 Å². The van der Waals surface area contributed by atoms with Crippen LogP contribution in [0.15, 0.2) is 51.9 Å². The lowest BCUT2D eigenvalue weighted by molar-refractivity contribution is -0.131. The Morgan fingerprint density at radius 3 is 2.74 bits per heavy atom. The van der Waals surface area contributed by atoms with Crippen molar-refractivity contribution in [3.63, 3.8) is 0 Å². The van der Waals surface area contributed by atoms with Crippen LogP contribution >= 0.6 is 0 Å². The average molecular weight is 362 g/mol. The topological polar surface area (TPSA) is 74.3 Å². The maximum absolute atomic E-state index is 13.1. The molecule has 0 bridgehead atoms. The Morgan fingerprint density at radius 1 is 1.26 bits per heavy atom. The Bertz CT molecular complexity index is 1250. The van der Waals surface area contributed by atoms with Crippen molar-refractivity contribution in [1.82, 2.24) is 9.55 Å². The molecule has 4 rings (SSSR count). The van der Waals surface area contributed by atoms with E-state index in [1.165, 1.54) is 13.2 Å². The third kappa shape index (κ3) is 2.79. The standard InChI is InChI=1S/C21H18N2O4/c1-4-13-9-14-19(10-18(13)27-12(2)24)26-11-15(20(14)25)21-22-16-7-5-6-8-17(16)23(21)3/h5-11H,4H2,1-3H3. The summed E-state index contributed by atoms with van der Waals surface area (Å²) in [6.45, 7) is 3.28. The van der Waals surface area contributed by atoms with E-state index in [9.17, 15) is 9.59 Å². The van der Waals surface area contributed by atoms with Gasteiger partial charge in [-0.15, -0.1) is 0 Å². The zero-order chi connectivity index (χ0) is 19.1. The number of esters is 1. The molecule has 0 unspecified atom stereocenters. The molecule has 0 atom stereocenters. The number of carbonyl (C=O) groups excluding carboxylic acids is 1. The van der Waals surface area contributed by atoms with Gasteiger partial charge in [-0.2, -0.15) is 0 Å². The maximum Gasteiger partial charge on any atom is 0.308 e. The minimum atomic E-state index is -0.414. The van der Waals surface area contributed by atoms with Gasteiger partial charge >= 0.3 is 5.97 Å². The van der Waals surface area contributed by atoms with Crippen LogP contribution < -0.4 is 10.2 Å². The number of ether oxygens (including phenoxy) is 1. The number of rotatable bonds is 3. The molecule has 136 valence electrons. The summed E-state index contributed by atoms with van der Waals surface area (Å²) in [7, 11) is 1.87. The number of aromatic nitrogens is 2. The zero-order valence-electron chi connectivity index (χ0n) is 15.3. The van der Waals surface area contributed by atoms with Crippen molar-refractivity contribution in [2.45, 2.75) is 20.3 Å². The van der Waals surface area contributed by atoms with Gasteiger partial charge in [-0.3, -0.25) is 9.59 Å². The van der Waals surface area contributed by atoms with E-state index in [1.54, 1.807) is 12.1 Å². The van der Waals surface area contributed by atoms with Crippen LogP contribution in [0, 0.1) is 0 Å². The van der Waals surface area contributed by atoms with Crippen LogP contribution in [0.4, 0.5) is 0 Å². The predicted molar refractivity (Wildman–Crippen MR) is 103 cm³/mol. The molecule has 0 amide bonds. The lowest BCUT2D eigenvalue weighted by atomic mass is 10.1. The lowest BCUT2D eigenvalue weighted by Gasteiger charge is -2.09. The van der Waals surface area contributed by atoms with Gasteiger partial charge in [-0.05, 0) is 30.2 Å². The van der Waals surface area contributed by atoms with Crippen LogP contribution in [0.5, 0.6) is 5.75 Å². The quantitative estimate of drug-likeness (QED) is 0.409. The van der Waals surface area contributed by atoms with E-state index in [-0.39, 0.29) is 5.43 Å². The first kappa shape index (κ1) is 17.0. The molecule has 2 heterocycles. The van der Waals surface area contributed by atoms with Gasteiger partial charge < -0.3 is 13.7 Å². The monoisotopic (exact) mass is 362 g/mol. The summed E-state index contributed by atoms with van der Waals surface area (Å²) >= 11 is 0. The zero-order valence-corrected chi connectivity index (χ0v) is 15.3. The largest absolute Gasteiger partial charge is 0.463 e. The Kier molecular flexibility index (Phi) is 4.03. The molecule has 0 fully saturated rings. The Balaban J connectivity index is 1.95. The van der Waals surface area contributed by atoms with Crippen molar-refractivity contribution in [1.29, 1.82) is 0 Å². The first-order chi connectivity index (χ1) is 13.0. The first-order valence-corrected chi connectivity index (χ1v) is 8.68. The summed E-state index contributed by atoms with van der Waals surface area (Å²) in [5.41, 5.74) is 3.12. The molecular weight excluding hydrogens is 344 g/mol. The molecule has 0 spiro atoms. The molecule has 0 saturated heterocycles. The van der Waals surface area contributed by atoms with E-state index in [1.807, 2.05) is 42.8 Å². The summed E-state index contributed by atoms with van der Waals surface area (Å²) in [4.78, 5) is 29.0. The highest BCUT2D eigenvalue weighted by molar-refractivity contribution is 5.86. The van der Waals surface area contributed by atoms with Crippen LogP contribution in [-0.2, 0) is 18.3 Å². The number of fused-ring (bicyclic) bond motifs is 2. The van der Waals surface area contributed by atoms with Gasteiger partial charge in [0.25, 0.3) is 0 Å². The number of hydrogen-bond donors (Lipinski definition) is 0. The summed E-state index contributed by atoms with van der Waals surface area (Å²) in [5.74, 6) is 0.549. The summed E-state index contributed by atoms with van der Waals surface area (Å²) in [6.07, 6.45) is 2.03. The van der Waals surface area contributed by atoms with Crippen LogP contribution in [0.3, 0.4) is 0 Å². The summed E-state index contributed by atoms with van der Waals surface area (Å²) < 4.78 is 12.8. The normalized spacial score (nSPS) is 11.2. The van der Waals surface area contributed by atoms with E-state index in [4.69, 9.17) is 9.15 Å². The Hall–Kier alpha value is -3.41. The van der Waals surface area contributed by atoms with Gasteiger partial charge in [-0.1, -0.05) is 19.1 Å². The van der Waals surface area contributed by atoms with Crippen LogP contribution in [-0.4, -0.2) is 15.5 Å². The fourth-order valence-corrected chi connectivity index (χ4v) is 3.27. The predicted octanol–water partition coefficient (Wildman–Crippen LogP) is 3.83. The number of imidazole rings is 1. The summed E-state index contributed by atoms with van der Waals surface area (Å²) in [5, 5.41) is 0.437. The number of aryl methyl sites for hydroxylation is 2. The van der Waals surface area contributed by atoms with Crippen molar-refractivity contribution in [3.8, 4) is 17.1 Å². The van der Waals surface area contributed by atoms with E-state index >= 15 is 0 Å². The second kappa shape index (κ2) is 6.39. The minimum Gasteiger partial charge on any atom is -0.463 e. The fourth-order valence-electron chi connectivity index (χ4n) is 3.27. The van der Waals surface area contributed by atoms with Gasteiger partial charge in [0.2, 0.25) is 5.43 Å². The number of hydrogen-bond acceptors (Lipinski definition) is 5. The Morgan fingerprint density at radius 2 is 2.04 bits per heavy atom. The van der Waals surface area contributed by atoms with E-state index in [0.717, 1.165) is 16.6 Å². The Labute approximate surface area is 155 Å². The van der Waals surface area contributed by atoms with E-state index in [2.05, 4.69) is 4.98 Å². The molecule has 0 radical (unpaired) electrons. The molecule has 27 heavy (non-hydrogen) atoms. The fraction of sp³-hybridized carbons (Fsp3) is 0.190. The lowest BCUT2D eigenvalue weighted by Crippen LogP contribution is -2.10. The molecule has 0 aliphatic carbocycles. The number of para-hydroxylation sites is 2. The van der Waals surface area contributed by atoms with Gasteiger partial charge in [0.1, 0.15) is 29.0 Å². The van der Waals surface area contributed by atoms with Crippen molar-refractivity contribution in [2.24, 2.45) is 7.05 Å². The smallest absolute Gasteiger partial charge is 0.308 e. The SMILES string of the molecule is CCc1cc2c(=O)c(-c3nc4ccccc4n3C)coc2cc1OC(C)=O. The second-order valence-corrected chi connectivity index (χ2v) is 6.36. The molecule has 2 aromatic heterocycles. The van der Waals surface area contributed by atoms with E-state index in [0.29, 0.717) is 34.5 Å². The van der Waals surface area contributed by atoms with Crippen molar-refractivity contribution in [3.05, 3.63) is 58.4 Å². The highest BCUT2D eigenvalue weighted by Crippen LogP contribution is 2.28. The molecule has 0 aliphatic rings. The maximum atomic E-state index is 13.1. The van der Waals surface area contributed by atoms with Crippen molar-refractivity contribution in [2.75, 3.05) is 0 Å². The van der Waals surface area contributed by atoms with Crippen LogP contribution in [0.1, 0.15) is 19.4 Å². The van der Waals surface area contributed by atoms with Gasteiger partial charge in [0, 0.05) is 20.0 Å². The third-order valence-electron chi connectivity index (χ3n) is 4.62. The van der Waals surface area contributed by atoms with Crippen molar-refractivity contribution < 1.29 is 13.9 Å². The molecule has 0 aliphatic heterocycles. The molecular formula is C21H18N2O4. The highest BCUT2D eigenvalue weighted by Gasteiger charge is 2.17. The van der Waals surface area contributed by atoms with E-state index < -0.39 is 5.97 Å². The van der Waals surface area contributed by atoms with Crippen LogP contribution in [0.25, 0.3) is 33.4 Å². The van der Waals surface area contributed by atoms with Gasteiger partial charge in [0.05, 0.1) is 16.4 Å². The minimum absolute atomic E-state index is 0.168.